The maximum Gasteiger partial charge on any atom is 0.373 e. The van der Waals surface area contributed by atoms with Crippen LogP contribution in [0.15, 0.2) is 24.3 Å². The summed E-state index contributed by atoms with van der Waals surface area (Å²) in [5, 5.41) is 21.8. The van der Waals surface area contributed by atoms with Crippen LogP contribution in [0.1, 0.15) is 18.4 Å². The molecule has 2 amide bonds. The number of halogens is 1. The number of hydrogen-bond acceptors (Lipinski definition) is 5. The van der Waals surface area contributed by atoms with Crippen LogP contribution < -0.4 is 10.6 Å². The number of rotatable bonds is 7. The molecule has 10 heteroatoms. The van der Waals surface area contributed by atoms with Gasteiger partial charge in [0.1, 0.15) is 11.9 Å². The molecular weight excluding hydrogens is 327 g/mol. The van der Waals surface area contributed by atoms with Gasteiger partial charge in [-0.05, 0) is 12.5 Å². The van der Waals surface area contributed by atoms with E-state index in [4.69, 9.17) is 19.8 Å². The lowest BCUT2D eigenvalue weighted by Crippen LogP contribution is -2.46. The minimum Gasteiger partial charge on any atom is -0.481 e. The Morgan fingerprint density at radius 1 is 1.17 bits per heavy atom. The van der Waals surface area contributed by atoms with E-state index < -0.39 is 29.8 Å². The molecule has 0 aliphatic rings. The number of carboxylic acids is 2. The van der Waals surface area contributed by atoms with E-state index in [0.29, 0.717) is 0 Å². The van der Waals surface area contributed by atoms with E-state index in [1.807, 2.05) is 0 Å². The SMILES string of the molecule is O=C(O)CC[C@H](NC(=O)NCc1ccccc1F)C(=O)O.O=C=O. The third-order valence-electron chi connectivity index (χ3n) is 2.65. The highest BCUT2D eigenvalue weighted by Crippen LogP contribution is 2.05. The molecule has 24 heavy (non-hydrogen) atoms. The molecular formula is C14H15FN2O7. The first kappa shape index (κ1) is 20.7. The summed E-state index contributed by atoms with van der Waals surface area (Å²) in [6.07, 6.45) is -0.373. The summed E-state index contributed by atoms with van der Waals surface area (Å²) in [6.45, 7) is -0.107. The third kappa shape index (κ3) is 8.90. The summed E-state index contributed by atoms with van der Waals surface area (Å²) >= 11 is 0. The quantitative estimate of drug-likeness (QED) is 0.558. The molecule has 0 bridgehead atoms. The van der Waals surface area contributed by atoms with E-state index in [-0.39, 0.29) is 31.1 Å². The number of urea groups is 1. The van der Waals surface area contributed by atoms with Crippen molar-refractivity contribution >= 4 is 24.1 Å². The summed E-state index contributed by atoms with van der Waals surface area (Å²) in [5.41, 5.74) is 0.255. The van der Waals surface area contributed by atoms with E-state index >= 15 is 0 Å². The van der Waals surface area contributed by atoms with Crippen molar-refractivity contribution < 1.29 is 38.6 Å². The molecule has 0 aliphatic carbocycles. The standard InChI is InChI=1S/C13H15FN2O5.CO2/c14-9-4-2-1-3-8(9)7-15-13(21)16-10(12(19)20)5-6-11(17)18;2-1-3/h1-4,10H,5-7H2,(H,17,18)(H,19,20)(H2,15,16,21);/t10-;/m0./s1. The lowest BCUT2D eigenvalue weighted by molar-refractivity contribution is -0.191. The number of aliphatic carboxylic acids is 2. The zero-order chi connectivity index (χ0) is 18.5. The zero-order valence-corrected chi connectivity index (χ0v) is 12.3. The lowest BCUT2D eigenvalue weighted by Gasteiger charge is -2.14. The first-order valence-corrected chi connectivity index (χ1v) is 6.53. The fourth-order valence-corrected chi connectivity index (χ4v) is 1.55. The van der Waals surface area contributed by atoms with Crippen molar-refractivity contribution in [2.75, 3.05) is 0 Å². The predicted molar refractivity (Wildman–Crippen MR) is 75.1 cm³/mol. The predicted octanol–water partition coefficient (Wildman–Crippen LogP) is 0.359. The lowest BCUT2D eigenvalue weighted by atomic mass is 10.1. The maximum absolute atomic E-state index is 13.3. The Balaban J connectivity index is 0.00000163. The van der Waals surface area contributed by atoms with Crippen molar-refractivity contribution in [1.29, 1.82) is 0 Å². The summed E-state index contributed by atoms with van der Waals surface area (Å²) in [4.78, 5) is 49.1. The van der Waals surface area contributed by atoms with Gasteiger partial charge < -0.3 is 20.8 Å². The Hall–Kier alpha value is -3.26. The van der Waals surface area contributed by atoms with Gasteiger partial charge in [0.25, 0.3) is 0 Å². The summed E-state index contributed by atoms with van der Waals surface area (Å²) in [5.74, 6) is -2.98. The van der Waals surface area contributed by atoms with Crippen LogP contribution in [0, 0.1) is 5.82 Å². The molecule has 1 rings (SSSR count). The van der Waals surface area contributed by atoms with Crippen LogP contribution >= 0.6 is 0 Å². The molecule has 0 unspecified atom stereocenters. The third-order valence-corrected chi connectivity index (χ3v) is 2.65. The molecule has 130 valence electrons. The van der Waals surface area contributed by atoms with Gasteiger partial charge >= 0.3 is 24.1 Å². The highest BCUT2D eigenvalue weighted by Gasteiger charge is 2.20. The minimum absolute atomic E-state index is 0.107. The Labute approximate surface area is 135 Å². The molecule has 9 nitrogen and oxygen atoms in total. The smallest absolute Gasteiger partial charge is 0.373 e. The molecule has 1 atom stereocenters. The molecule has 0 aromatic heterocycles. The Morgan fingerprint density at radius 2 is 1.75 bits per heavy atom. The minimum atomic E-state index is -1.34. The molecule has 4 N–H and O–H groups in total. The Kier molecular flexibility index (Phi) is 9.79. The van der Waals surface area contributed by atoms with Gasteiger partial charge in [0.05, 0.1) is 0 Å². The van der Waals surface area contributed by atoms with E-state index in [9.17, 15) is 18.8 Å². The molecule has 0 saturated heterocycles. The fourth-order valence-electron chi connectivity index (χ4n) is 1.55. The molecule has 0 spiro atoms. The normalized spacial score (nSPS) is 10.4. The topological polar surface area (TPSA) is 150 Å². The summed E-state index contributed by atoms with van der Waals surface area (Å²) < 4.78 is 13.3. The van der Waals surface area contributed by atoms with Gasteiger partial charge in [-0.25, -0.2) is 14.0 Å². The second-order valence-corrected chi connectivity index (χ2v) is 4.32. The van der Waals surface area contributed by atoms with Crippen molar-refractivity contribution in [2.24, 2.45) is 0 Å². The van der Waals surface area contributed by atoms with Crippen molar-refractivity contribution in [2.45, 2.75) is 25.4 Å². The van der Waals surface area contributed by atoms with Gasteiger partial charge in [-0.3, -0.25) is 4.79 Å². The van der Waals surface area contributed by atoms with Crippen molar-refractivity contribution in [1.82, 2.24) is 10.6 Å². The number of carboxylic acid groups (broad SMARTS) is 2. The average Bonchev–Trinajstić information content (AvgIpc) is 2.51. The van der Waals surface area contributed by atoms with Gasteiger partial charge in [0, 0.05) is 18.5 Å². The summed E-state index contributed by atoms with van der Waals surface area (Å²) in [7, 11) is 0. The van der Waals surface area contributed by atoms with Crippen LogP contribution in [-0.4, -0.2) is 40.4 Å². The number of benzene rings is 1. The van der Waals surface area contributed by atoms with Gasteiger partial charge in [-0.1, -0.05) is 18.2 Å². The van der Waals surface area contributed by atoms with Crippen molar-refractivity contribution in [3.05, 3.63) is 35.6 Å². The summed E-state index contributed by atoms with van der Waals surface area (Å²) in [6, 6.07) is 3.70. The van der Waals surface area contributed by atoms with Crippen LogP contribution in [0.25, 0.3) is 0 Å². The highest BCUT2D eigenvalue weighted by molar-refractivity contribution is 5.83. The van der Waals surface area contributed by atoms with Crippen LogP contribution in [0.4, 0.5) is 9.18 Å². The number of hydrogen-bond donors (Lipinski definition) is 4. The van der Waals surface area contributed by atoms with Crippen molar-refractivity contribution in [3.63, 3.8) is 0 Å². The largest absolute Gasteiger partial charge is 0.481 e. The Morgan fingerprint density at radius 3 is 2.25 bits per heavy atom. The number of nitrogens with one attached hydrogen (secondary N) is 2. The zero-order valence-electron chi connectivity index (χ0n) is 12.3. The highest BCUT2D eigenvalue weighted by atomic mass is 19.1. The maximum atomic E-state index is 13.3. The number of carbonyl (C=O) groups excluding carboxylic acids is 3. The molecule has 0 fully saturated rings. The van der Waals surface area contributed by atoms with Gasteiger partial charge in [0.15, 0.2) is 0 Å². The molecule has 1 aromatic rings. The van der Waals surface area contributed by atoms with Crippen LogP contribution in [0.3, 0.4) is 0 Å². The van der Waals surface area contributed by atoms with Gasteiger partial charge in [-0.2, -0.15) is 9.59 Å². The van der Waals surface area contributed by atoms with Crippen molar-refractivity contribution in [3.8, 4) is 0 Å². The van der Waals surface area contributed by atoms with E-state index in [1.165, 1.54) is 18.2 Å². The molecule has 0 aliphatic heterocycles. The first-order valence-electron chi connectivity index (χ1n) is 6.53. The van der Waals surface area contributed by atoms with E-state index in [1.54, 1.807) is 6.07 Å². The first-order chi connectivity index (χ1) is 11.3. The average molecular weight is 342 g/mol. The monoisotopic (exact) mass is 342 g/mol. The molecule has 0 radical (unpaired) electrons. The van der Waals surface area contributed by atoms with Crippen LogP contribution in [0.5, 0.6) is 0 Å². The Bertz CT molecular complexity index is 615. The van der Waals surface area contributed by atoms with E-state index in [0.717, 1.165) is 0 Å². The van der Waals surface area contributed by atoms with Gasteiger partial charge in [0.2, 0.25) is 0 Å². The molecule has 1 aromatic carbocycles. The fraction of sp³-hybridized carbons (Fsp3) is 0.286. The molecule has 0 saturated carbocycles. The van der Waals surface area contributed by atoms with Crippen LogP contribution in [-0.2, 0) is 25.7 Å². The molecule has 0 heterocycles. The number of carbonyl (C=O) groups is 3. The number of amides is 2. The second kappa shape index (κ2) is 11.3. The van der Waals surface area contributed by atoms with Crippen LogP contribution in [0.2, 0.25) is 0 Å². The second-order valence-electron chi connectivity index (χ2n) is 4.32. The van der Waals surface area contributed by atoms with Gasteiger partial charge in [-0.15, -0.1) is 0 Å². The van der Waals surface area contributed by atoms with E-state index in [2.05, 4.69) is 10.6 Å².